The minimum Gasteiger partial charge on any atom is -0.460 e. The van der Waals surface area contributed by atoms with Crippen molar-refractivity contribution in [2.45, 2.75) is 37.7 Å². The summed E-state index contributed by atoms with van der Waals surface area (Å²) in [6.07, 6.45) is -0.106. The van der Waals surface area contributed by atoms with Crippen molar-refractivity contribution < 1.29 is 22.3 Å². The number of hydrogen-bond donors (Lipinski definition) is 1. The van der Waals surface area contributed by atoms with Crippen molar-refractivity contribution in [1.29, 1.82) is 0 Å². The van der Waals surface area contributed by atoms with Crippen LogP contribution >= 0.6 is 11.6 Å². The fourth-order valence-corrected chi connectivity index (χ4v) is 2.71. The van der Waals surface area contributed by atoms with Crippen LogP contribution in [-0.4, -0.2) is 26.5 Å². The summed E-state index contributed by atoms with van der Waals surface area (Å²) in [6.45, 7) is 5.03. The first-order valence-corrected chi connectivity index (χ1v) is 8.04. The first kappa shape index (κ1) is 17.9. The van der Waals surface area contributed by atoms with Crippen molar-refractivity contribution in [3.63, 3.8) is 0 Å². The van der Waals surface area contributed by atoms with Gasteiger partial charge in [-0.3, -0.25) is 4.79 Å². The highest BCUT2D eigenvalue weighted by Gasteiger charge is 2.19. The maximum atomic E-state index is 13.0. The Morgan fingerprint density at radius 1 is 1.38 bits per heavy atom. The lowest BCUT2D eigenvalue weighted by molar-refractivity contribution is -0.154. The zero-order valence-corrected chi connectivity index (χ0v) is 13.5. The Balaban J connectivity index is 2.61. The van der Waals surface area contributed by atoms with Crippen LogP contribution in [0, 0.1) is 5.82 Å². The average molecular weight is 338 g/mol. The maximum Gasteiger partial charge on any atom is 0.307 e. The van der Waals surface area contributed by atoms with Crippen LogP contribution in [0.4, 0.5) is 4.39 Å². The lowest BCUT2D eigenvalue weighted by Crippen LogP contribution is -2.29. The van der Waals surface area contributed by atoms with E-state index in [-0.39, 0.29) is 22.9 Å². The third-order valence-corrected chi connectivity index (χ3v) is 3.99. The minimum absolute atomic E-state index is 0.106. The van der Waals surface area contributed by atoms with Crippen LogP contribution in [0.15, 0.2) is 23.1 Å². The van der Waals surface area contributed by atoms with Crippen molar-refractivity contribution in [2.24, 2.45) is 0 Å². The zero-order valence-electron chi connectivity index (χ0n) is 11.9. The van der Waals surface area contributed by atoms with Crippen LogP contribution < -0.4 is 4.72 Å². The smallest absolute Gasteiger partial charge is 0.307 e. The molecule has 1 rings (SSSR count). The van der Waals surface area contributed by atoms with Crippen LogP contribution in [-0.2, 0) is 19.6 Å². The van der Waals surface area contributed by atoms with E-state index < -0.39 is 27.4 Å². The van der Waals surface area contributed by atoms with E-state index in [2.05, 4.69) is 4.72 Å². The number of benzene rings is 1. The highest BCUT2D eigenvalue weighted by Crippen LogP contribution is 2.19. The first-order valence-electron chi connectivity index (χ1n) is 6.18. The number of esters is 1. The van der Waals surface area contributed by atoms with E-state index in [0.717, 1.165) is 18.2 Å². The first-order chi connectivity index (χ1) is 9.51. The van der Waals surface area contributed by atoms with E-state index >= 15 is 0 Å². The molecule has 1 N–H and O–H groups in total. The van der Waals surface area contributed by atoms with E-state index in [1.54, 1.807) is 20.8 Å². The molecule has 0 heterocycles. The minimum atomic E-state index is -3.85. The normalized spacial score (nSPS) is 12.2. The number of ether oxygens (including phenoxy) is 1. The van der Waals surface area contributed by atoms with E-state index in [4.69, 9.17) is 16.3 Å². The summed E-state index contributed by atoms with van der Waals surface area (Å²) >= 11 is 5.54. The van der Waals surface area contributed by atoms with Crippen molar-refractivity contribution in [3.05, 3.63) is 29.0 Å². The van der Waals surface area contributed by atoms with Crippen LogP contribution in [0.1, 0.15) is 27.2 Å². The summed E-state index contributed by atoms with van der Waals surface area (Å²) < 4.78 is 44.1. The Bertz CT molecular complexity index is 626. The fraction of sp³-hybridized carbons (Fsp3) is 0.462. The summed E-state index contributed by atoms with van der Waals surface area (Å²) in [5.41, 5.74) is -0.625. The number of carbonyl (C=O) groups is 1. The number of nitrogens with one attached hydrogen (secondary N) is 1. The molecule has 0 amide bonds. The second kappa shape index (κ2) is 6.72. The van der Waals surface area contributed by atoms with E-state index in [9.17, 15) is 17.6 Å². The number of halogens is 2. The van der Waals surface area contributed by atoms with Crippen LogP contribution in [0.25, 0.3) is 0 Å². The molecule has 0 unspecified atom stereocenters. The second-order valence-electron chi connectivity index (χ2n) is 5.31. The average Bonchev–Trinajstić information content (AvgIpc) is 2.29. The Morgan fingerprint density at radius 3 is 2.52 bits per heavy atom. The molecule has 0 spiro atoms. The molecule has 5 nitrogen and oxygen atoms in total. The van der Waals surface area contributed by atoms with Crippen molar-refractivity contribution in [2.75, 3.05) is 6.54 Å². The maximum absolute atomic E-state index is 13.0. The van der Waals surface area contributed by atoms with Gasteiger partial charge in [0.05, 0.1) is 16.3 Å². The van der Waals surface area contributed by atoms with Gasteiger partial charge in [0.15, 0.2) is 0 Å². The molecule has 8 heteroatoms. The third-order valence-electron chi connectivity index (χ3n) is 2.24. The predicted octanol–water partition coefficient (Wildman–Crippen LogP) is 2.49. The lowest BCUT2D eigenvalue weighted by Gasteiger charge is -2.19. The van der Waals surface area contributed by atoms with Gasteiger partial charge in [-0.1, -0.05) is 11.6 Å². The van der Waals surface area contributed by atoms with Crippen molar-refractivity contribution >= 4 is 27.6 Å². The standard InChI is InChI=1S/C13H17ClFNO4S/c1-13(2,3)20-12(17)6-7-16-21(18,19)9-4-5-11(15)10(14)8-9/h4-5,8,16H,6-7H2,1-3H3. The summed E-state index contributed by atoms with van der Waals surface area (Å²) in [5, 5.41) is -0.287. The summed E-state index contributed by atoms with van der Waals surface area (Å²) in [6, 6.07) is 3.06. The van der Waals surface area contributed by atoms with E-state index in [1.165, 1.54) is 0 Å². The van der Waals surface area contributed by atoms with Crippen molar-refractivity contribution in [1.82, 2.24) is 4.72 Å². The Kier molecular flexibility index (Phi) is 5.72. The molecule has 0 atom stereocenters. The SMILES string of the molecule is CC(C)(C)OC(=O)CCNS(=O)(=O)c1ccc(F)c(Cl)c1. The van der Waals surface area contributed by atoms with Crippen LogP contribution in [0.5, 0.6) is 0 Å². The van der Waals surface area contributed by atoms with Gasteiger partial charge in [0.2, 0.25) is 10.0 Å². The van der Waals surface area contributed by atoms with Gasteiger partial charge >= 0.3 is 5.97 Å². The lowest BCUT2D eigenvalue weighted by atomic mass is 10.2. The molecule has 0 fully saturated rings. The number of hydrogen-bond acceptors (Lipinski definition) is 4. The van der Waals surface area contributed by atoms with Crippen molar-refractivity contribution in [3.8, 4) is 0 Å². The Labute approximate surface area is 128 Å². The van der Waals surface area contributed by atoms with E-state index in [0.29, 0.717) is 0 Å². The Morgan fingerprint density at radius 2 is 2.00 bits per heavy atom. The van der Waals surface area contributed by atoms with Gasteiger partial charge in [0, 0.05) is 6.54 Å². The molecule has 1 aromatic rings. The molecule has 0 radical (unpaired) electrons. The summed E-state index contributed by atoms with van der Waals surface area (Å²) in [7, 11) is -3.85. The third kappa shape index (κ3) is 5.99. The largest absolute Gasteiger partial charge is 0.460 e. The molecular weight excluding hydrogens is 321 g/mol. The van der Waals surface area contributed by atoms with Gasteiger partial charge in [-0.2, -0.15) is 0 Å². The summed E-state index contributed by atoms with van der Waals surface area (Å²) in [5.74, 6) is -1.22. The quantitative estimate of drug-likeness (QED) is 0.838. The molecule has 0 aliphatic heterocycles. The number of sulfonamides is 1. The molecule has 0 aliphatic carbocycles. The van der Waals surface area contributed by atoms with Gasteiger partial charge < -0.3 is 4.74 Å². The van der Waals surface area contributed by atoms with Crippen LogP contribution in [0.2, 0.25) is 5.02 Å². The van der Waals surface area contributed by atoms with Gasteiger partial charge in [-0.15, -0.1) is 0 Å². The zero-order chi connectivity index (χ0) is 16.3. The highest BCUT2D eigenvalue weighted by atomic mass is 35.5. The second-order valence-corrected chi connectivity index (χ2v) is 7.48. The number of carbonyl (C=O) groups excluding carboxylic acids is 1. The van der Waals surface area contributed by atoms with Gasteiger partial charge in [-0.05, 0) is 39.0 Å². The molecule has 0 aromatic heterocycles. The van der Waals surface area contributed by atoms with Gasteiger partial charge in [0.25, 0.3) is 0 Å². The fourth-order valence-electron chi connectivity index (χ4n) is 1.41. The monoisotopic (exact) mass is 337 g/mol. The number of rotatable bonds is 5. The van der Waals surface area contributed by atoms with Crippen LogP contribution in [0.3, 0.4) is 0 Å². The van der Waals surface area contributed by atoms with Gasteiger partial charge in [-0.25, -0.2) is 17.5 Å². The molecule has 21 heavy (non-hydrogen) atoms. The molecule has 0 saturated heterocycles. The Hall–Kier alpha value is -1.18. The topological polar surface area (TPSA) is 72.5 Å². The molecule has 0 aliphatic rings. The molecular formula is C13H17ClFNO4S. The predicted molar refractivity (Wildman–Crippen MR) is 77.1 cm³/mol. The van der Waals surface area contributed by atoms with E-state index in [1.807, 2.05) is 0 Å². The van der Waals surface area contributed by atoms with Gasteiger partial charge in [0.1, 0.15) is 11.4 Å². The summed E-state index contributed by atoms with van der Waals surface area (Å²) in [4.78, 5) is 11.3. The molecule has 0 saturated carbocycles. The molecule has 0 bridgehead atoms. The molecule has 1 aromatic carbocycles. The molecule has 118 valence electrons. The highest BCUT2D eigenvalue weighted by molar-refractivity contribution is 7.89.